The number of benzene rings is 1. The number of nitrogens with zero attached hydrogens (tertiary/aromatic N) is 1. The molecule has 0 spiro atoms. The standard InChI is InChI=1S/C20H27NO3/c1-14-16(15-6-3-4-8-19(15)24-14)12-21-10-5-7-18(21)17-13-23-11-9-20(17,2)22/h3-4,6,8,17-18,22H,5,7,9-13H2,1-2H3. The third-order valence-electron chi connectivity index (χ3n) is 5.99. The smallest absolute Gasteiger partial charge is 0.134 e. The van der Waals surface area contributed by atoms with Crippen LogP contribution in [-0.2, 0) is 11.3 Å². The SMILES string of the molecule is Cc1oc2ccccc2c1CN1CCCC1C1COCCC1(C)O. The van der Waals surface area contributed by atoms with Gasteiger partial charge in [-0.3, -0.25) is 4.90 Å². The lowest BCUT2D eigenvalue weighted by atomic mass is 9.79. The molecule has 4 rings (SSSR count). The Labute approximate surface area is 143 Å². The Kier molecular flexibility index (Phi) is 4.15. The Bertz CT molecular complexity index is 721. The van der Waals surface area contributed by atoms with Crippen molar-refractivity contribution in [1.29, 1.82) is 0 Å². The average molecular weight is 329 g/mol. The molecule has 0 saturated carbocycles. The van der Waals surface area contributed by atoms with Gasteiger partial charge in [-0.25, -0.2) is 0 Å². The highest BCUT2D eigenvalue weighted by Gasteiger charge is 2.44. The summed E-state index contributed by atoms with van der Waals surface area (Å²) in [4.78, 5) is 2.53. The lowest BCUT2D eigenvalue weighted by molar-refractivity contribution is -0.123. The van der Waals surface area contributed by atoms with Crippen molar-refractivity contribution in [3.63, 3.8) is 0 Å². The molecule has 3 heterocycles. The van der Waals surface area contributed by atoms with Crippen LogP contribution in [0.2, 0.25) is 0 Å². The van der Waals surface area contributed by atoms with E-state index in [1.165, 1.54) is 17.4 Å². The fourth-order valence-electron chi connectivity index (χ4n) is 4.50. The predicted octanol–water partition coefficient (Wildman–Crippen LogP) is 3.49. The molecule has 2 saturated heterocycles. The number of fused-ring (bicyclic) bond motifs is 1. The van der Waals surface area contributed by atoms with Crippen molar-refractivity contribution < 1.29 is 14.3 Å². The normalized spacial score (nSPS) is 31.8. The minimum atomic E-state index is -0.626. The van der Waals surface area contributed by atoms with Crippen molar-refractivity contribution in [3.05, 3.63) is 35.6 Å². The van der Waals surface area contributed by atoms with Gasteiger partial charge in [-0.1, -0.05) is 18.2 Å². The fourth-order valence-corrected chi connectivity index (χ4v) is 4.50. The van der Waals surface area contributed by atoms with Gasteiger partial charge < -0.3 is 14.3 Å². The molecule has 130 valence electrons. The number of ether oxygens (including phenoxy) is 1. The first-order valence-corrected chi connectivity index (χ1v) is 9.07. The van der Waals surface area contributed by atoms with E-state index in [-0.39, 0.29) is 5.92 Å². The Hall–Kier alpha value is -1.36. The topological polar surface area (TPSA) is 45.8 Å². The maximum absolute atomic E-state index is 10.8. The van der Waals surface area contributed by atoms with Gasteiger partial charge in [-0.05, 0) is 45.7 Å². The van der Waals surface area contributed by atoms with Crippen molar-refractivity contribution >= 4 is 11.0 Å². The van der Waals surface area contributed by atoms with E-state index in [0.717, 1.165) is 37.3 Å². The monoisotopic (exact) mass is 329 g/mol. The number of aryl methyl sites for hydroxylation is 1. The molecule has 24 heavy (non-hydrogen) atoms. The van der Waals surface area contributed by atoms with Gasteiger partial charge >= 0.3 is 0 Å². The van der Waals surface area contributed by atoms with E-state index in [4.69, 9.17) is 9.15 Å². The average Bonchev–Trinajstić information content (AvgIpc) is 3.12. The summed E-state index contributed by atoms with van der Waals surface area (Å²) < 4.78 is 11.6. The van der Waals surface area contributed by atoms with Crippen LogP contribution in [0.15, 0.2) is 28.7 Å². The van der Waals surface area contributed by atoms with Gasteiger partial charge in [0.05, 0.1) is 12.2 Å². The lowest BCUT2D eigenvalue weighted by Crippen LogP contribution is -2.52. The van der Waals surface area contributed by atoms with Crippen molar-refractivity contribution in [1.82, 2.24) is 4.90 Å². The summed E-state index contributed by atoms with van der Waals surface area (Å²) in [7, 11) is 0. The van der Waals surface area contributed by atoms with E-state index in [0.29, 0.717) is 19.3 Å². The molecular weight excluding hydrogens is 302 g/mol. The molecule has 1 N–H and O–H groups in total. The van der Waals surface area contributed by atoms with Crippen molar-refractivity contribution in [3.8, 4) is 0 Å². The first-order valence-electron chi connectivity index (χ1n) is 9.07. The van der Waals surface area contributed by atoms with Crippen LogP contribution in [0.4, 0.5) is 0 Å². The summed E-state index contributed by atoms with van der Waals surface area (Å²) in [6.07, 6.45) is 3.06. The zero-order valence-electron chi connectivity index (χ0n) is 14.6. The van der Waals surface area contributed by atoms with Crippen LogP contribution in [0.25, 0.3) is 11.0 Å². The van der Waals surface area contributed by atoms with Crippen LogP contribution in [0.5, 0.6) is 0 Å². The molecule has 4 nitrogen and oxygen atoms in total. The molecule has 1 aromatic carbocycles. The van der Waals surface area contributed by atoms with Gasteiger partial charge in [0, 0.05) is 36.1 Å². The van der Waals surface area contributed by atoms with Crippen LogP contribution in [0.3, 0.4) is 0 Å². The van der Waals surface area contributed by atoms with Crippen molar-refractivity contribution in [2.45, 2.75) is 51.3 Å². The molecular formula is C20H27NO3. The quantitative estimate of drug-likeness (QED) is 0.936. The largest absolute Gasteiger partial charge is 0.461 e. The van der Waals surface area contributed by atoms with E-state index in [9.17, 15) is 5.11 Å². The highest BCUT2D eigenvalue weighted by molar-refractivity contribution is 5.82. The van der Waals surface area contributed by atoms with Crippen LogP contribution in [0.1, 0.15) is 37.5 Å². The molecule has 0 bridgehead atoms. The highest BCUT2D eigenvalue weighted by atomic mass is 16.5. The van der Waals surface area contributed by atoms with Crippen molar-refractivity contribution in [2.24, 2.45) is 5.92 Å². The number of rotatable bonds is 3. The molecule has 2 fully saturated rings. The highest BCUT2D eigenvalue weighted by Crippen LogP contribution is 2.37. The van der Waals surface area contributed by atoms with Crippen LogP contribution in [-0.4, -0.2) is 41.4 Å². The Morgan fingerprint density at radius 1 is 1.33 bits per heavy atom. The molecule has 2 aromatic rings. The fraction of sp³-hybridized carbons (Fsp3) is 0.600. The number of likely N-dealkylation sites (tertiary alicyclic amines) is 1. The van der Waals surface area contributed by atoms with Gasteiger partial charge in [0.2, 0.25) is 0 Å². The summed E-state index contributed by atoms with van der Waals surface area (Å²) in [5.41, 5.74) is 1.63. The van der Waals surface area contributed by atoms with Gasteiger partial charge in [0.15, 0.2) is 0 Å². The summed E-state index contributed by atoms with van der Waals surface area (Å²) >= 11 is 0. The summed E-state index contributed by atoms with van der Waals surface area (Å²) in [5.74, 6) is 1.20. The van der Waals surface area contributed by atoms with Crippen LogP contribution >= 0.6 is 0 Å². The molecule has 0 radical (unpaired) electrons. The molecule has 3 unspecified atom stereocenters. The first kappa shape index (κ1) is 16.1. The lowest BCUT2D eigenvalue weighted by Gasteiger charge is -2.43. The second-order valence-corrected chi connectivity index (χ2v) is 7.60. The van der Waals surface area contributed by atoms with E-state index in [1.807, 2.05) is 19.1 Å². The number of aliphatic hydroxyl groups is 1. The third-order valence-corrected chi connectivity index (χ3v) is 5.99. The van der Waals surface area contributed by atoms with E-state index >= 15 is 0 Å². The molecule has 4 heteroatoms. The van der Waals surface area contributed by atoms with Gasteiger partial charge in [-0.2, -0.15) is 0 Å². The molecule has 2 aliphatic rings. The van der Waals surface area contributed by atoms with Crippen LogP contribution in [0, 0.1) is 12.8 Å². The minimum Gasteiger partial charge on any atom is -0.461 e. The summed E-state index contributed by atoms with van der Waals surface area (Å²) in [6.45, 7) is 7.34. The van der Waals surface area contributed by atoms with Gasteiger partial charge in [0.1, 0.15) is 11.3 Å². The zero-order valence-corrected chi connectivity index (χ0v) is 14.6. The van der Waals surface area contributed by atoms with Crippen molar-refractivity contribution in [2.75, 3.05) is 19.8 Å². The summed E-state index contributed by atoms with van der Waals surface area (Å²) in [6, 6.07) is 8.65. The predicted molar refractivity (Wildman–Crippen MR) is 93.9 cm³/mol. The number of hydrogen-bond donors (Lipinski definition) is 1. The molecule has 1 aromatic heterocycles. The Balaban J connectivity index is 1.60. The molecule has 2 aliphatic heterocycles. The summed E-state index contributed by atoms with van der Waals surface area (Å²) in [5, 5.41) is 12.1. The molecule has 0 aliphatic carbocycles. The maximum Gasteiger partial charge on any atom is 0.134 e. The van der Waals surface area contributed by atoms with Gasteiger partial charge in [-0.15, -0.1) is 0 Å². The maximum atomic E-state index is 10.8. The second-order valence-electron chi connectivity index (χ2n) is 7.60. The number of hydrogen-bond acceptors (Lipinski definition) is 4. The minimum absolute atomic E-state index is 0.187. The number of furan rings is 1. The molecule has 0 amide bonds. The van der Waals surface area contributed by atoms with Crippen LogP contribution < -0.4 is 0 Å². The number of para-hydroxylation sites is 1. The molecule has 3 atom stereocenters. The zero-order chi connectivity index (χ0) is 16.7. The Morgan fingerprint density at radius 2 is 2.17 bits per heavy atom. The van der Waals surface area contributed by atoms with E-state index in [2.05, 4.69) is 24.0 Å². The van der Waals surface area contributed by atoms with E-state index in [1.54, 1.807) is 0 Å². The van der Waals surface area contributed by atoms with Gasteiger partial charge in [0.25, 0.3) is 0 Å². The Morgan fingerprint density at radius 3 is 3.00 bits per heavy atom. The first-order chi connectivity index (χ1) is 11.6. The van der Waals surface area contributed by atoms with E-state index < -0.39 is 5.60 Å². The third kappa shape index (κ3) is 2.77. The second kappa shape index (κ2) is 6.17.